The summed E-state index contributed by atoms with van der Waals surface area (Å²) in [6.07, 6.45) is 4.57. The molecule has 2 aliphatic rings. The van der Waals surface area contributed by atoms with Gasteiger partial charge in [0.05, 0.1) is 5.57 Å². The van der Waals surface area contributed by atoms with Crippen LogP contribution in [0.5, 0.6) is 5.75 Å². The van der Waals surface area contributed by atoms with E-state index in [4.69, 9.17) is 26.8 Å². The third kappa shape index (κ3) is 12.4. The zero-order valence-electron chi connectivity index (χ0n) is 29.3. The Morgan fingerprint density at radius 3 is 2.30 bits per heavy atom. The number of carbonyl (C=O) groups is 1. The second-order valence-electron chi connectivity index (χ2n) is 11.7. The summed E-state index contributed by atoms with van der Waals surface area (Å²) in [6.45, 7) is 15.7. The van der Waals surface area contributed by atoms with Crippen molar-refractivity contribution in [1.29, 1.82) is 5.41 Å². The molecule has 47 heavy (non-hydrogen) atoms. The summed E-state index contributed by atoms with van der Waals surface area (Å²) in [5.41, 5.74) is 13.7. The summed E-state index contributed by atoms with van der Waals surface area (Å²) in [6, 6.07) is 25.9. The number of hydrogen-bond acceptors (Lipinski definition) is 7. The van der Waals surface area contributed by atoms with E-state index in [9.17, 15) is 4.79 Å². The van der Waals surface area contributed by atoms with Crippen LogP contribution in [-0.2, 0) is 17.9 Å². The molecule has 0 bridgehead atoms. The second-order valence-corrected chi connectivity index (χ2v) is 11.7. The van der Waals surface area contributed by atoms with E-state index in [1.54, 1.807) is 20.2 Å². The van der Waals surface area contributed by atoms with Crippen LogP contribution in [0.15, 0.2) is 95.8 Å². The molecule has 0 radical (unpaired) electrons. The van der Waals surface area contributed by atoms with Crippen LogP contribution in [0.3, 0.4) is 0 Å². The standard InChI is InChI=1S/C23H23NO.C11H18N4O2.C3H8.C2H6/c1-18-6-4-9-20(14-18)21-10-5-7-19(15-21)16-24-12-13-25-23-11-3-2-8-22(23)17-24;1-6(9(4-12)11(16)17)7-3-8(7)10(13)5-15(2)14;1-3-2;1-2/h2-11,14-15H,12-13,16-17H2,1H3;4-5,7-8,12H,3,13-14H2,1-2H3,(H,16,17);3H2,1-2H3;1-2H3/b;9-6-,10-5-,12-4?;;/t;7-,8?;;/m.0../s1. The summed E-state index contributed by atoms with van der Waals surface area (Å²) in [5, 5.41) is 17.4. The van der Waals surface area contributed by atoms with Crippen molar-refractivity contribution in [2.45, 2.75) is 67.5 Å². The first-order chi connectivity index (χ1) is 22.6. The SMILES string of the molecule is C/C(=C(\C=N)C(=O)O)[C@@H]1CC1/C(N)=C/N(C)N.CC.CCC.Cc1cccc(-c2cccc(CN3CCOc4ccccc4C3)c2)c1. The lowest BCUT2D eigenvalue weighted by Gasteiger charge is -2.19. The van der Waals surface area contributed by atoms with E-state index in [-0.39, 0.29) is 17.4 Å². The predicted molar refractivity (Wildman–Crippen MR) is 195 cm³/mol. The van der Waals surface area contributed by atoms with Crippen molar-refractivity contribution in [2.75, 3.05) is 20.2 Å². The molecule has 0 aromatic heterocycles. The fourth-order valence-corrected chi connectivity index (χ4v) is 5.36. The van der Waals surface area contributed by atoms with E-state index in [2.05, 4.69) is 92.4 Å². The zero-order valence-corrected chi connectivity index (χ0v) is 29.3. The van der Waals surface area contributed by atoms with E-state index in [0.29, 0.717) is 11.3 Å². The molecular formula is C39H55N5O3. The van der Waals surface area contributed by atoms with E-state index < -0.39 is 5.97 Å². The lowest BCUT2D eigenvalue weighted by Crippen LogP contribution is -2.25. The largest absolute Gasteiger partial charge is 0.492 e. The van der Waals surface area contributed by atoms with Gasteiger partial charge in [0.25, 0.3) is 0 Å². The van der Waals surface area contributed by atoms with Gasteiger partial charge < -0.3 is 26.0 Å². The summed E-state index contributed by atoms with van der Waals surface area (Å²) < 4.78 is 5.88. The number of hydrogen-bond donors (Lipinski definition) is 4. The van der Waals surface area contributed by atoms with Crippen molar-refractivity contribution in [1.82, 2.24) is 9.91 Å². The Kier molecular flexibility index (Phi) is 16.5. The summed E-state index contributed by atoms with van der Waals surface area (Å²) in [5.74, 6) is 5.65. The molecule has 1 aliphatic carbocycles. The summed E-state index contributed by atoms with van der Waals surface area (Å²) in [7, 11) is 1.67. The molecule has 8 heteroatoms. The number of rotatable bonds is 8. The smallest absolute Gasteiger partial charge is 0.337 e. The predicted octanol–water partition coefficient (Wildman–Crippen LogP) is 7.78. The van der Waals surface area contributed by atoms with Crippen LogP contribution >= 0.6 is 0 Å². The average Bonchev–Trinajstić information content (AvgIpc) is 3.87. The first-order valence-corrected chi connectivity index (χ1v) is 16.6. The minimum Gasteiger partial charge on any atom is -0.492 e. The number of benzene rings is 3. The number of aliphatic carboxylic acids is 1. The van der Waals surface area contributed by atoms with Gasteiger partial charge >= 0.3 is 5.97 Å². The highest BCUT2D eigenvalue weighted by Crippen LogP contribution is 2.48. The van der Waals surface area contributed by atoms with Crippen molar-refractivity contribution in [2.24, 2.45) is 23.4 Å². The van der Waals surface area contributed by atoms with Crippen LogP contribution in [0.1, 0.15) is 64.2 Å². The summed E-state index contributed by atoms with van der Waals surface area (Å²) in [4.78, 5) is 13.3. The molecule has 1 unspecified atom stereocenters. The number of ether oxygens (including phenoxy) is 1. The molecule has 0 spiro atoms. The van der Waals surface area contributed by atoms with E-state index >= 15 is 0 Å². The van der Waals surface area contributed by atoms with Gasteiger partial charge in [-0.15, -0.1) is 0 Å². The number of nitrogens with zero attached hydrogens (tertiary/aromatic N) is 2. The monoisotopic (exact) mass is 641 g/mol. The number of fused-ring (bicyclic) bond motifs is 1. The molecule has 1 heterocycles. The maximum atomic E-state index is 10.9. The first kappa shape index (κ1) is 38.8. The summed E-state index contributed by atoms with van der Waals surface area (Å²) >= 11 is 0. The van der Waals surface area contributed by atoms with Crippen LogP contribution in [0.2, 0.25) is 0 Å². The Morgan fingerprint density at radius 1 is 1.04 bits per heavy atom. The number of nitrogens with two attached hydrogens (primary N) is 2. The molecule has 2 atom stereocenters. The van der Waals surface area contributed by atoms with E-state index in [1.807, 2.05) is 19.9 Å². The lowest BCUT2D eigenvalue weighted by molar-refractivity contribution is -0.132. The van der Waals surface area contributed by atoms with Gasteiger partial charge in [0.2, 0.25) is 0 Å². The fourth-order valence-electron chi connectivity index (χ4n) is 5.36. The van der Waals surface area contributed by atoms with Crippen molar-refractivity contribution in [3.8, 4) is 16.9 Å². The van der Waals surface area contributed by atoms with Crippen LogP contribution in [0.25, 0.3) is 11.1 Å². The minimum absolute atomic E-state index is 0.0476. The number of carboxylic acids is 1. The number of para-hydroxylation sites is 1. The van der Waals surface area contributed by atoms with E-state index in [1.165, 1.54) is 39.2 Å². The normalized spacial score (nSPS) is 17.2. The van der Waals surface area contributed by atoms with Crippen molar-refractivity contribution >= 4 is 12.2 Å². The number of aryl methyl sites for hydroxylation is 1. The topological polar surface area (TPSA) is 129 Å². The third-order valence-corrected chi connectivity index (χ3v) is 7.64. The first-order valence-electron chi connectivity index (χ1n) is 16.6. The molecule has 0 amide bonds. The lowest BCUT2D eigenvalue weighted by atomic mass is 10.0. The third-order valence-electron chi connectivity index (χ3n) is 7.64. The van der Waals surface area contributed by atoms with Crippen LogP contribution in [0, 0.1) is 24.2 Å². The number of hydrazine groups is 1. The highest BCUT2D eigenvalue weighted by atomic mass is 16.5. The molecule has 3 aromatic rings. The van der Waals surface area contributed by atoms with Gasteiger partial charge in [0, 0.05) is 56.3 Å². The molecule has 3 aromatic carbocycles. The molecule has 1 aliphatic heterocycles. The molecule has 1 fully saturated rings. The average molecular weight is 642 g/mol. The molecule has 8 nitrogen and oxygen atoms in total. The Balaban J connectivity index is 0.000000305. The van der Waals surface area contributed by atoms with Crippen LogP contribution in [-0.4, -0.2) is 47.4 Å². The molecule has 254 valence electrons. The Morgan fingerprint density at radius 2 is 1.68 bits per heavy atom. The molecule has 6 N–H and O–H groups in total. The van der Waals surface area contributed by atoms with Crippen molar-refractivity contribution < 1.29 is 14.6 Å². The second kappa shape index (κ2) is 20.0. The van der Waals surface area contributed by atoms with Gasteiger partial charge in [-0.2, -0.15) is 0 Å². The zero-order chi connectivity index (χ0) is 34.9. The highest BCUT2D eigenvalue weighted by molar-refractivity contribution is 6.08. The molecule has 0 saturated heterocycles. The fraction of sp³-hybridized carbons (Fsp3) is 0.385. The molecular weight excluding hydrogens is 586 g/mol. The molecule has 5 rings (SSSR count). The maximum Gasteiger partial charge on any atom is 0.337 e. The quantitative estimate of drug-likeness (QED) is 0.0856. The van der Waals surface area contributed by atoms with Gasteiger partial charge in [-0.1, -0.05) is 106 Å². The number of allylic oxidation sites excluding steroid dienone is 2. The van der Waals surface area contributed by atoms with E-state index in [0.717, 1.165) is 44.6 Å². The van der Waals surface area contributed by atoms with Gasteiger partial charge in [0.1, 0.15) is 12.4 Å². The Hall–Kier alpha value is -4.40. The highest BCUT2D eigenvalue weighted by Gasteiger charge is 2.41. The Bertz CT molecular complexity index is 1500. The number of carboxylic acid groups (broad SMARTS) is 1. The molecule has 1 saturated carbocycles. The van der Waals surface area contributed by atoms with Crippen LogP contribution in [0.4, 0.5) is 0 Å². The maximum absolute atomic E-state index is 10.9. The van der Waals surface area contributed by atoms with Crippen molar-refractivity contribution in [3.05, 3.63) is 113 Å². The number of nitrogens with one attached hydrogen (secondary N) is 1. The Labute approximate surface area is 282 Å². The minimum atomic E-state index is -1.07. The van der Waals surface area contributed by atoms with Gasteiger partial charge in [0.15, 0.2) is 0 Å². The van der Waals surface area contributed by atoms with Gasteiger partial charge in [-0.25, -0.2) is 10.6 Å². The van der Waals surface area contributed by atoms with Crippen molar-refractivity contribution in [3.63, 3.8) is 0 Å². The van der Waals surface area contributed by atoms with Gasteiger partial charge in [-0.05, 0) is 55.0 Å². The van der Waals surface area contributed by atoms with Crippen LogP contribution < -0.4 is 16.3 Å². The van der Waals surface area contributed by atoms with Gasteiger partial charge in [-0.3, -0.25) is 4.90 Å².